The fourth-order valence-electron chi connectivity index (χ4n) is 1.96. The number of imidazole rings is 1. The summed E-state index contributed by atoms with van der Waals surface area (Å²) in [6.45, 7) is 3.85. The predicted molar refractivity (Wildman–Crippen MR) is 76.6 cm³/mol. The summed E-state index contributed by atoms with van der Waals surface area (Å²) in [5, 5.41) is 0.926. The van der Waals surface area contributed by atoms with Gasteiger partial charge in [0.1, 0.15) is 11.2 Å². The summed E-state index contributed by atoms with van der Waals surface area (Å²) < 4.78 is 0. The number of nitrogens with one attached hydrogen (secondary N) is 1. The Kier molecular flexibility index (Phi) is 2.94. The van der Waals surface area contributed by atoms with Gasteiger partial charge in [0, 0.05) is 6.20 Å². The first-order valence-corrected chi connectivity index (χ1v) is 6.06. The summed E-state index contributed by atoms with van der Waals surface area (Å²) in [5.41, 5.74) is 3.43. The SMILES string of the molecule is C=c1nc(-c2ccccn2)c(=Cc2ccccc2)[nH]1. The zero-order valence-electron chi connectivity index (χ0n) is 10.4. The number of aromatic amines is 1. The zero-order valence-corrected chi connectivity index (χ0v) is 10.4. The third-order valence-electron chi connectivity index (χ3n) is 2.80. The van der Waals surface area contributed by atoms with Crippen LogP contribution >= 0.6 is 0 Å². The van der Waals surface area contributed by atoms with Gasteiger partial charge in [-0.1, -0.05) is 43.0 Å². The van der Waals surface area contributed by atoms with Crippen molar-refractivity contribution in [3.05, 3.63) is 71.1 Å². The molecule has 3 aromatic rings. The molecule has 19 heavy (non-hydrogen) atoms. The molecule has 0 saturated carbocycles. The normalized spacial score (nSPS) is 11.7. The molecule has 1 N–H and O–H groups in total. The molecule has 0 amide bonds. The highest BCUT2D eigenvalue weighted by atomic mass is 14.9. The van der Waals surface area contributed by atoms with Gasteiger partial charge in [0.25, 0.3) is 0 Å². The number of hydrogen-bond acceptors (Lipinski definition) is 2. The molecule has 0 radical (unpaired) electrons. The Morgan fingerprint density at radius 3 is 2.53 bits per heavy atom. The molecule has 0 atom stereocenters. The van der Waals surface area contributed by atoms with Gasteiger partial charge in [0.2, 0.25) is 0 Å². The van der Waals surface area contributed by atoms with Gasteiger partial charge < -0.3 is 4.98 Å². The molecule has 0 unspecified atom stereocenters. The molecule has 2 heterocycles. The van der Waals surface area contributed by atoms with Crippen LogP contribution in [0, 0.1) is 0 Å². The Morgan fingerprint density at radius 1 is 1.00 bits per heavy atom. The van der Waals surface area contributed by atoms with Gasteiger partial charge in [-0.2, -0.15) is 0 Å². The highest BCUT2D eigenvalue weighted by Gasteiger charge is 2.04. The van der Waals surface area contributed by atoms with Gasteiger partial charge in [-0.05, 0) is 23.8 Å². The quantitative estimate of drug-likeness (QED) is 0.749. The monoisotopic (exact) mass is 247 g/mol. The number of nitrogens with zero attached hydrogens (tertiary/aromatic N) is 2. The second-order valence-corrected chi connectivity index (χ2v) is 4.22. The summed E-state index contributed by atoms with van der Waals surface area (Å²) in [7, 11) is 0. The van der Waals surface area contributed by atoms with Crippen molar-refractivity contribution < 1.29 is 0 Å². The van der Waals surface area contributed by atoms with Crippen LogP contribution in [0.5, 0.6) is 0 Å². The summed E-state index contributed by atoms with van der Waals surface area (Å²) in [5.74, 6) is 0. The van der Waals surface area contributed by atoms with Crippen LogP contribution in [0.1, 0.15) is 5.56 Å². The highest BCUT2D eigenvalue weighted by molar-refractivity contribution is 5.59. The smallest absolute Gasteiger partial charge is 0.123 e. The largest absolute Gasteiger partial charge is 0.339 e. The van der Waals surface area contributed by atoms with Crippen LogP contribution in [-0.2, 0) is 0 Å². The lowest BCUT2D eigenvalue weighted by molar-refractivity contribution is 1.20. The average molecular weight is 247 g/mol. The number of pyridine rings is 1. The number of aromatic nitrogens is 3. The fraction of sp³-hybridized carbons (Fsp3) is 0. The first-order chi connectivity index (χ1) is 9.33. The van der Waals surface area contributed by atoms with Gasteiger partial charge in [0.05, 0.1) is 11.0 Å². The lowest BCUT2D eigenvalue weighted by atomic mass is 10.2. The zero-order chi connectivity index (χ0) is 13.1. The predicted octanol–water partition coefficient (Wildman–Crippen LogP) is 1.71. The van der Waals surface area contributed by atoms with E-state index in [0.29, 0.717) is 5.48 Å². The maximum absolute atomic E-state index is 4.42. The minimum Gasteiger partial charge on any atom is -0.339 e. The molecule has 3 heteroatoms. The first kappa shape index (κ1) is 11.4. The Morgan fingerprint density at radius 2 is 1.79 bits per heavy atom. The van der Waals surface area contributed by atoms with Crippen LogP contribution in [0.2, 0.25) is 0 Å². The molecule has 0 saturated heterocycles. The second kappa shape index (κ2) is 4.90. The third-order valence-corrected chi connectivity index (χ3v) is 2.80. The molecule has 0 fully saturated rings. The molecule has 92 valence electrons. The van der Waals surface area contributed by atoms with E-state index in [-0.39, 0.29) is 0 Å². The first-order valence-electron chi connectivity index (χ1n) is 6.06. The maximum atomic E-state index is 4.42. The summed E-state index contributed by atoms with van der Waals surface area (Å²) in [6.07, 6.45) is 3.81. The van der Waals surface area contributed by atoms with Crippen LogP contribution in [0.25, 0.3) is 24.0 Å². The molecule has 0 aliphatic carbocycles. The van der Waals surface area contributed by atoms with Crippen molar-refractivity contribution in [2.75, 3.05) is 0 Å². The van der Waals surface area contributed by atoms with E-state index in [9.17, 15) is 0 Å². The van der Waals surface area contributed by atoms with Crippen molar-refractivity contribution in [3.8, 4) is 11.4 Å². The van der Waals surface area contributed by atoms with Gasteiger partial charge in [-0.15, -0.1) is 0 Å². The molecule has 0 aliphatic rings. The van der Waals surface area contributed by atoms with Gasteiger partial charge in [-0.25, -0.2) is 4.98 Å². The molecular formula is C16H13N3. The van der Waals surface area contributed by atoms with Crippen molar-refractivity contribution in [1.82, 2.24) is 15.0 Å². The van der Waals surface area contributed by atoms with E-state index in [1.807, 2.05) is 54.6 Å². The van der Waals surface area contributed by atoms with E-state index < -0.39 is 0 Å². The second-order valence-electron chi connectivity index (χ2n) is 4.22. The van der Waals surface area contributed by atoms with Crippen molar-refractivity contribution in [3.63, 3.8) is 0 Å². The summed E-state index contributed by atoms with van der Waals surface area (Å²) >= 11 is 0. The summed E-state index contributed by atoms with van der Waals surface area (Å²) in [6, 6.07) is 15.9. The number of H-pyrrole nitrogens is 1. The summed E-state index contributed by atoms with van der Waals surface area (Å²) in [4.78, 5) is 11.9. The topological polar surface area (TPSA) is 41.6 Å². The van der Waals surface area contributed by atoms with Crippen LogP contribution < -0.4 is 10.8 Å². The van der Waals surface area contributed by atoms with Gasteiger partial charge in [0.15, 0.2) is 0 Å². The van der Waals surface area contributed by atoms with Crippen molar-refractivity contribution >= 4 is 12.7 Å². The van der Waals surface area contributed by atoms with E-state index in [4.69, 9.17) is 0 Å². The van der Waals surface area contributed by atoms with E-state index in [0.717, 1.165) is 22.3 Å². The molecule has 3 nitrogen and oxygen atoms in total. The highest BCUT2D eigenvalue weighted by Crippen LogP contribution is 2.07. The molecule has 2 aromatic heterocycles. The van der Waals surface area contributed by atoms with Crippen molar-refractivity contribution in [1.29, 1.82) is 0 Å². The van der Waals surface area contributed by atoms with E-state index >= 15 is 0 Å². The van der Waals surface area contributed by atoms with Gasteiger partial charge >= 0.3 is 0 Å². The Hall–Kier alpha value is -2.68. The van der Waals surface area contributed by atoms with Crippen LogP contribution in [0.15, 0.2) is 54.7 Å². The van der Waals surface area contributed by atoms with Crippen LogP contribution in [-0.4, -0.2) is 15.0 Å². The Balaban J connectivity index is 2.19. The molecule has 1 aromatic carbocycles. The molecule has 0 aliphatic heterocycles. The Labute approximate surface area is 111 Å². The lowest BCUT2D eigenvalue weighted by Gasteiger charge is -1.95. The minimum absolute atomic E-state index is 0.642. The van der Waals surface area contributed by atoms with Crippen molar-refractivity contribution in [2.45, 2.75) is 0 Å². The van der Waals surface area contributed by atoms with E-state index in [1.165, 1.54) is 0 Å². The van der Waals surface area contributed by atoms with Gasteiger partial charge in [-0.3, -0.25) is 4.98 Å². The van der Waals surface area contributed by atoms with Crippen LogP contribution in [0.4, 0.5) is 0 Å². The van der Waals surface area contributed by atoms with E-state index in [2.05, 4.69) is 21.5 Å². The lowest BCUT2D eigenvalue weighted by Crippen LogP contribution is -2.09. The number of hydrogen-bond donors (Lipinski definition) is 1. The van der Waals surface area contributed by atoms with Crippen LogP contribution in [0.3, 0.4) is 0 Å². The molecule has 3 rings (SSSR count). The number of benzene rings is 1. The minimum atomic E-state index is 0.642. The molecular weight excluding hydrogens is 234 g/mol. The van der Waals surface area contributed by atoms with E-state index in [1.54, 1.807) is 6.20 Å². The number of rotatable bonds is 2. The maximum Gasteiger partial charge on any atom is 0.123 e. The molecule has 0 bridgehead atoms. The third kappa shape index (κ3) is 2.45. The average Bonchev–Trinajstić information content (AvgIpc) is 2.82. The Bertz CT molecular complexity index is 774. The molecule has 0 spiro atoms. The van der Waals surface area contributed by atoms with Crippen molar-refractivity contribution in [2.24, 2.45) is 0 Å². The fourth-order valence-corrected chi connectivity index (χ4v) is 1.96. The standard InChI is InChI=1S/C16H13N3/c1-12-18-15(11-13-7-3-2-4-8-13)16(19-12)14-9-5-6-10-17-14/h2-11,18H,1H2.